The number of ketones is 1. The Morgan fingerprint density at radius 3 is 2.58 bits per heavy atom. The summed E-state index contributed by atoms with van der Waals surface area (Å²) >= 11 is 0. The molecule has 0 spiro atoms. The molecule has 8 heteroatoms. The summed E-state index contributed by atoms with van der Waals surface area (Å²) in [6.45, 7) is 1.48. The number of nitrogens with zero attached hydrogens (tertiary/aromatic N) is 2. The number of nitriles is 1. The van der Waals surface area contributed by atoms with Gasteiger partial charge >= 0.3 is 0 Å². The van der Waals surface area contributed by atoms with E-state index in [4.69, 9.17) is 4.74 Å². The zero-order valence-electron chi connectivity index (χ0n) is 14.1. The van der Waals surface area contributed by atoms with Gasteiger partial charge in [-0.25, -0.2) is 0 Å². The summed E-state index contributed by atoms with van der Waals surface area (Å²) in [5, 5.41) is 23.0. The van der Waals surface area contributed by atoms with Gasteiger partial charge in [-0.1, -0.05) is 18.2 Å². The Hall–Kier alpha value is -3.73. The van der Waals surface area contributed by atoms with E-state index in [1.807, 2.05) is 0 Å². The Morgan fingerprint density at radius 1 is 1.27 bits per heavy atom. The molecule has 0 aliphatic carbocycles. The summed E-state index contributed by atoms with van der Waals surface area (Å²) in [6, 6.07) is 12.2. The Bertz CT molecular complexity index is 917. The lowest BCUT2D eigenvalue weighted by Gasteiger charge is -2.11. The first-order valence-corrected chi connectivity index (χ1v) is 7.51. The van der Waals surface area contributed by atoms with Crippen LogP contribution in [0.15, 0.2) is 42.5 Å². The van der Waals surface area contributed by atoms with E-state index < -0.39 is 28.2 Å². The Morgan fingerprint density at radius 2 is 1.96 bits per heavy atom. The van der Waals surface area contributed by atoms with Crippen molar-refractivity contribution in [2.24, 2.45) is 5.92 Å². The third-order valence-electron chi connectivity index (χ3n) is 3.68. The maximum Gasteiger partial charge on any atom is 0.283 e. The van der Waals surface area contributed by atoms with Crippen molar-refractivity contribution < 1.29 is 19.2 Å². The normalized spacial score (nSPS) is 11.1. The smallest absolute Gasteiger partial charge is 0.283 e. The number of nitro groups is 1. The van der Waals surface area contributed by atoms with Crippen LogP contribution in [0.2, 0.25) is 0 Å². The first-order chi connectivity index (χ1) is 12.4. The van der Waals surface area contributed by atoms with Crippen LogP contribution in [0, 0.1) is 34.3 Å². The fourth-order valence-electron chi connectivity index (χ4n) is 2.41. The van der Waals surface area contributed by atoms with Crippen molar-refractivity contribution in [2.45, 2.75) is 6.92 Å². The summed E-state index contributed by atoms with van der Waals surface area (Å²) in [4.78, 5) is 35.5. The van der Waals surface area contributed by atoms with Crippen LogP contribution in [0.5, 0.6) is 5.75 Å². The average molecular weight is 353 g/mol. The minimum absolute atomic E-state index is 0.269. The number of carbonyl (C=O) groups is 2. The predicted molar refractivity (Wildman–Crippen MR) is 92.9 cm³/mol. The molecule has 0 bridgehead atoms. The van der Waals surface area contributed by atoms with E-state index in [-0.39, 0.29) is 11.1 Å². The van der Waals surface area contributed by atoms with E-state index in [0.717, 1.165) is 0 Å². The molecular weight excluding hydrogens is 338 g/mol. The standard InChI is InChI=1S/C18H15N3O5/c1-11-5-3-8-14(16(11)21(24)25)17(22)15(10-19)18(23)20-12-6-4-7-13(9-12)26-2/h3-9,15H,1-2H3,(H,20,23). The maximum absolute atomic E-state index is 12.6. The number of nitrogens with one attached hydrogen (secondary N) is 1. The van der Waals surface area contributed by atoms with Gasteiger partial charge in [-0.3, -0.25) is 19.7 Å². The van der Waals surface area contributed by atoms with Gasteiger partial charge in [-0.2, -0.15) is 5.26 Å². The molecule has 1 amide bonds. The zero-order valence-corrected chi connectivity index (χ0v) is 14.1. The van der Waals surface area contributed by atoms with Crippen LogP contribution in [0.1, 0.15) is 15.9 Å². The number of anilines is 1. The predicted octanol–water partition coefficient (Wildman–Crippen LogP) is 2.87. The van der Waals surface area contributed by atoms with Gasteiger partial charge in [-0.15, -0.1) is 0 Å². The Labute approximate surface area is 149 Å². The third-order valence-corrected chi connectivity index (χ3v) is 3.68. The fourth-order valence-corrected chi connectivity index (χ4v) is 2.41. The lowest BCUT2D eigenvalue weighted by molar-refractivity contribution is -0.385. The number of Topliss-reactive ketones (excluding diaryl/α,β-unsaturated/α-hetero) is 1. The zero-order chi connectivity index (χ0) is 19.3. The molecule has 2 rings (SSSR count). The second kappa shape index (κ2) is 7.90. The molecule has 0 fully saturated rings. The number of methoxy groups -OCH3 is 1. The average Bonchev–Trinajstić information content (AvgIpc) is 2.61. The molecule has 0 saturated heterocycles. The first kappa shape index (κ1) is 18.6. The molecule has 132 valence electrons. The molecule has 26 heavy (non-hydrogen) atoms. The summed E-state index contributed by atoms with van der Waals surface area (Å²) in [5.41, 5.74) is -0.0823. The number of hydrogen-bond donors (Lipinski definition) is 1. The van der Waals surface area contributed by atoms with Gasteiger partial charge in [0.15, 0.2) is 11.7 Å². The third kappa shape index (κ3) is 3.84. The summed E-state index contributed by atoms with van der Waals surface area (Å²) in [6.07, 6.45) is 0. The number of ether oxygens (including phenoxy) is 1. The fraction of sp³-hybridized carbons (Fsp3) is 0.167. The summed E-state index contributed by atoms with van der Waals surface area (Å²) < 4.78 is 5.04. The molecule has 1 N–H and O–H groups in total. The van der Waals surface area contributed by atoms with Gasteiger partial charge in [0.25, 0.3) is 5.69 Å². The molecule has 0 aliphatic heterocycles. The van der Waals surface area contributed by atoms with Crippen LogP contribution in [0.4, 0.5) is 11.4 Å². The van der Waals surface area contributed by atoms with Crippen LogP contribution >= 0.6 is 0 Å². The van der Waals surface area contributed by atoms with Gasteiger partial charge in [0.05, 0.1) is 23.7 Å². The van der Waals surface area contributed by atoms with Crippen molar-refractivity contribution >= 4 is 23.1 Å². The molecular formula is C18H15N3O5. The van der Waals surface area contributed by atoms with Gasteiger partial charge in [0, 0.05) is 17.3 Å². The second-order valence-electron chi connectivity index (χ2n) is 5.38. The molecule has 0 radical (unpaired) electrons. The van der Waals surface area contributed by atoms with Crippen LogP contribution in [-0.4, -0.2) is 23.7 Å². The highest BCUT2D eigenvalue weighted by atomic mass is 16.6. The minimum atomic E-state index is -1.72. The number of benzene rings is 2. The van der Waals surface area contributed by atoms with Gasteiger partial charge < -0.3 is 10.1 Å². The Balaban J connectivity index is 2.32. The largest absolute Gasteiger partial charge is 0.497 e. The van der Waals surface area contributed by atoms with Crippen molar-refractivity contribution in [3.05, 3.63) is 63.7 Å². The van der Waals surface area contributed by atoms with Crippen LogP contribution in [-0.2, 0) is 4.79 Å². The molecule has 8 nitrogen and oxygen atoms in total. The molecule has 2 aromatic carbocycles. The van der Waals surface area contributed by atoms with Crippen LogP contribution in [0.3, 0.4) is 0 Å². The second-order valence-corrected chi connectivity index (χ2v) is 5.38. The SMILES string of the molecule is COc1cccc(NC(=O)C(C#N)C(=O)c2cccc(C)c2[N+](=O)[O-])c1. The molecule has 0 aromatic heterocycles. The highest BCUT2D eigenvalue weighted by molar-refractivity contribution is 6.17. The molecule has 1 atom stereocenters. The number of para-hydroxylation sites is 1. The van der Waals surface area contributed by atoms with E-state index in [0.29, 0.717) is 11.4 Å². The van der Waals surface area contributed by atoms with E-state index >= 15 is 0 Å². The number of nitro benzene ring substituents is 1. The first-order valence-electron chi connectivity index (χ1n) is 7.51. The van der Waals surface area contributed by atoms with Gasteiger partial charge in [-0.05, 0) is 25.1 Å². The molecule has 2 aromatic rings. The van der Waals surface area contributed by atoms with E-state index in [9.17, 15) is 25.0 Å². The quantitative estimate of drug-likeness (QED) is 0.369. The van der Waals surface area contributed by atoms with E-state index in [2.05, 4.69) is 5.32 Å². The van der Waals surface area contributed by atoms with Crippen LogP contribution in [0.25, 0.3) is 0 Å². The Kier molecular flexibility index (Phi) is 5.65. The summed E-state index contributed by atoms with van der Waals surface area (Å²) in [7, 11) is 1.46. The maximum atomic E-state index is 12.6. The van der Waals surface area contributed by atoms with E-state index in [1.54, 1.807) is 24.3 Å². The van der Waals surface area contributed by atoms with Crippen molar-refractivity contribution in [3.63, 3.8) is 0 Å². The monoisotopic (exact) mass is 353 g/mol. The molecule has 0 aliphatic rings. The van der Waals surface area contributed by atoms with Gasteiger partial charge in [0.2, 0.25) is 5.91 Å². The van der Waals surface area contributed by atoms with E-state index in [1.165, 1.54) is 38.3 Å². The molecule has 0 heterocycles. The number of aryl methyl sites for hydroxylation is 1. The molecule has 1 unspecified atom stereocenters. The van der Waals surface area contributed by atoms with Crippen molar-refractivity contribution in [1.82, 2.24) is 0 Å². The minimum Gasteiger partial charge on any atom is -0.497 e. The highest BCUT2D eigenvalue weighted by Gasteiger charge is 2.33. The number of rotatable bonds is 6. The lowest BCUT2D eigenvalue weighted by Crippen LogP contribution is -2.29. The lowest BCUT2D eigenvalue weighted by atomic mass is 9.95. The molecule has 0 saturated carbocycles. The van der Waals surface area contributed by atoms with Gasteiger partial charge in [0.1, 0.15) is 5.75 Å². The highest BCUT2D eigenvalue weighted by Crippen LogP contribution is 2.26. The van der Waals surface area contributed by atoms with Crippen LogP contribution < -0.4 is 10.1 Å². The van der Waals surface area contributed by atoms with Crippen molar-refractivity contribution in [3.8, 4) is 11.8 Å². The number of hydrogen-bond acceptors (Lipinski definition) is 6. The van der Waals surface area contributed by atoms with Crippen molar-refractivity contribution in [2.75, 3.05) is 12.4 Å². The topological polar surface area (TPSA) is 122 Å². The number of carbonyl (C=O) groups excluding carboxylic acids is 2. The number of amides is 1. The van der Waals surface area contributed by atoms with Crippen molar-refractivity contribution in [1.29, 1.82) is 5.26 Å². The summed E-state index contributed by atoms with van der Waals surface area (Å²) in [5.74, 6) is -3.04.